The number of H-pyrrole nitrogens is 1. The molecule has 9 atom stereocenters. The van der Waals surface area contributed by atoms with Crippen LogP contribution in [-0.2, 0) is 39.4 Å². The molecule has 1 saturated carbocycles. The van der Waals surface area contributed by atoms with Crippen molar-refractivity contribution in [2.45, 2.75) is 49.5 Å². The van der Waals surface area contributed by atoms with E-state index in [1.807, 2.05) is 0 Å². The van der Waals surface area contributed by atoms with E-state index in [9.17, 15) is 24.3 Å². The molecule has 20 nitrogen and oxygen atoms in total. The summed E-state index contributed by atoms with van der Waals surface area (Å²) in [6, 6.07) is -0.399. The third-order valence-corrected chi connectivity index (χ3v) is 10.1. The first-order chi connectivity index (χ1) is 21.7. The molecule has 8 N–H and O–H groups in total. The van der Waals surface area contributed by atoms with Gasteiger partial charge < -0.3 is 44.9 Å². The van der Waals surface area contributed by atoms with E-state index in [2.05, 4.69) is 42.2 Å². The maximum atomic E-state index is 12.4. The number of aromatic amines is 1. The number of nitrogens with one attached hydrogen (secondary N) is 1. The Bertz CT molecular complexity index is 1900. The van der Waals surface area contributed by atoms with Gasteiger partial charge in [0.2, 0.25) is 5.95 Å². The Morgan fingerprint density at radius 1 is 1.09 bits per heavy atom. The molecule has 1 saturated heterocycles. The summed E-state index contributed by atoms with van der Waals surface area (Å²) in [5.74, 6) is -0.214. The second kappa shape index (κ2) is 12.8. The number of aliphatic hydroxyl groups excluding tert-OH is 1. The fourth-order valence-corrected chi connectivity index (χ4v) is 7.80. The summed E-state index contributed by atoms with van der Waals surface area (Å²) in [5, 5.41) is 10.9. The third kappa shape index (κ3) is 6.71. The minimum Gasteiger partial charge on any atom is -0.391 e. The molecular weight excluding hydrogens is 690 g/mol. The Morgan fingerprint density at radius 3 is 2.57 bits per heavy atom. The van der Waals surface area contributed by atoms with Crippen LogP contribution in [-0.4, -0.2) is 98.7 Å². The molecule has 4 aromatic rings. The van der Waals surface area contributed by atoms with E-state index in [-0.39, 0.29) is 35.5 Å². The third-order valence-electron chi connectivity index (χ3n) is 7.76. The van der Waals surface area contributed by atoms with Crippen LogP contribution in [0.15, 0.2) is 23.8 Å². The van der Waals surface area contributed by atoms with Gasteiger partial charge in [-0.15, -0.1) is 0 Å². The van der Waals surface area contributed by atoms with Crippen molar-refractivity contribution in [1.29, 1.82) is 0 Å². The molecule has 2 unspecified atom stereocenters. The molecular formula is C22H30N10O10P2S2. The number of ether oxygens (including phenoxy) is 2. The Morgan fingerprint density at radius 2 is 1.83 bits per heavy atom. The smallest absolute Gasteiger partial charge is 0.383 e. The summed E-state index contributed by atoms with van der Waals surface area (Å²) < 4.78 is 43.1. The highest BCUT2D eigenvalue weighted by Gasteiger charge is 2.50. The van der Waals surface area contributed by atoms with Crippen molar-refractivity contribution < 1.29 is 42.5 Å². The number of hydrogen-bond acceptors (Lipinski definition) is 16. The molecule has 4 aromatic heterocycles. The largest absolute Gasteiger partial charge is 0.391 e. The predicted molar refractivity (Wildman–Crippen MR) is 167 cm³/mol. The molecule has 2 fully saturated rings. The highest BCUT2D eigenvalue weighted by molar-refractivity contribution is 8.44. The van der Waals surface area contributed by atoms with Crippen LogP contribution in [0, 0.1) is 5.92 Å². The molecule has 250 valence electrons. The first-order valence-corrected chi connectivity index (χ1v) is 18.9. The second-order valence-corrected chi connectivity index (χ2v) is 16.3. The number of fused-ring (bicyclic) bond motifs is 2. The van der Waals surface area contributed by atoms with Gasteiger partial charge in [-0.2, -0.15) is 4.98 Å². The molecule has 0 amide bonds. The van der Waals surface area contributed by atoms with Gasteiger partial charge in [0, 0.05) is 7.11 Å². The number of aromatic nitrogens is 8. The lowest BCUT2D eigenvalue weighted by atomic mass is 10.1. The van der Waals surface area contributed by atoms with Crippen molar-refractivity contribution in [3.8, 4) is 0 Å². The Labute approximate surface area is 269 Å². The zero-order valence-electron chi connectivity index (χ0n) is 23.8. The van der Waals surface area contributed by atoms with Gasteiger partial charge in [-0.3, -0.25) is 23.4 Å². The predicted octanol–water partition coefficient (Wildman–Crippen LogP) is 0.0137. The van der Waals surface area contributed by atoms with Gasteiger partial charge in [0.15, 0.2) is 28.9 Å². The Kier molecular flexibility index (Phi) is 9.26. The lowest BCUT2D eigenvalue weighted by molar-refractivity contribution is -0.0492. The monoisotopic (exact) mass is 720 g/mol. The number of aliphatic hydroxyl groups is 1. The second-order valence-electron chi connectivity index (χ2n) is 10.7. The van der Waals surface area contributed by atoms with Gasteiger partial charge >= 0.3 is 13.5 Å². The molecule has 46 heavy (non-hydrogen) atoms. The van der Waals surface area contributed by atoms with Crippen LogP contribution in [0.2, 0.25) is 0 Å². The number of hydrogen-bond donors (Lipinski definition) is 7. The number of thiol groups is 1. The van der Waals surface area contributed by atoms with Crippen LogP contribution < -0.4 is 17.0 Å². The van der Waals surface area contributed by atoms with Crippen molar-refractivity contribution in [3.63, 3.8) is 0 Å². The minimum absolute atomic E-state index is 0.0236. The van der Waals surface area contributed by atoms with Crippen LogP contribution >= 0.6 is 25.8 Å². The van der Waals surface area contributed by atoms with E-state index in [0.29, 0.717) is 24.0 Å². The fraction of sp³-hybridized carbons (Fsp3) is 0.545. The van der Waals surface area contributed by atoms with E-state index >= 15 is 0 Å². The van der Waals surface area contributed by atoms with E-state index in [1.54, 1.807) is 4.57 Å². The molecule has 0 bridgehead atoms. The zero-order chi connectivity index (χ0) is 33.0. The van der Waals surface area contributed by atoms with Gasteiger partial charge in [0.05, 0.1) is 38.0 Å². The Hall–Kier alpha value is -2.59. The molecule has 0 spiro atoms. The van der Waals surface area contributed by atoms with E-state index in [4.69, 9.17) is 46.3 Å². The van der Waals surface area contributed by atoms with E-state index in [1.165, 1.54) is 30.7 Å². The van der Waals surface area contributed by atoms with Crippen LogP contribution in [0.3, 0.4) is 0 Å². The summed E-state index contributed by atoms with van der Waals surface area (Å²) in [4.78, 5) is 56.2. The first kappa shape index (κ1) is 33.3. The van der Waals surface area contributed by atoms with Gasteiger partial charge in [-0.25, -0.2) is 24.5 Å². The molecule has 5 heterocycles. The standard InChI is InChI=1S/C22H30N10O10P2S2/c1-38-15-12(5-39-43(35,36)45)41-21(32-8-28-14-19(32)29-22(24)30-20(14)34)16(15)42-44(37,46)40-4-9-2-10(11(33)3-9)31-7-27-13-17(23)25-6-26-18(13)31/h6-12,15-16,21,33H,2-5H2,1H3,(H,37,46)(H2,23,25,26)(H2,35,36,45)(H3,24,29,30,34)/t9-,10+,11+,12+,15+,16+,21+,44?/m0/s1. The minimum atomic E-state index is -4.22. The fourth-order valence-electron chi connectivity index (χ4n) is 5.79. The Balaban J connectivity index is 1.21. The first-order valence-electron chi connectivity index (χ1n) is 13.6. The van der Waals surface area contributed by atoms with Crippen molar-refractivity contribution in [2.24, 2.45) is 5.92 Å². The van der Waals surface area contributed by atoms with Crippen LogP contribution in [0.1, 0.15) is 25.1 Å². The lowest BCUT2D eigenvalue weighted by Gasteiger charge is -2.28. The SMILES string of the molecule is CO[C@H]1[C@@H](OP(O)(=S)OC[C@@H]2C[C@@H](O)[C@H](n3cnc4c(N)ncnc43)C2)[C@H](n2cnc3c(=O)[nH]c(N)nc32)O[C@@H]1COP(=O)(O)S. The summed E-state index contributed by atoms with van der Waals surface area (Å²) in [6.45, 7) is -8.81. The van der Waals surface area contributed by atoms with Gasteiger partial charge in [-0.1, -0.05) is 12.2 Å². The number of imidazole rings is 2. The molecule has 0 radical (unpaired) electrons. The average molecular weight is 721 g/mol. The van der Waals surface area contributed by atoms with Gasteiger partial charge in [0.25, 0.3) is 5.56 Å². The summed E-state index contributed by atoms with van der Waals surface area (Å²) in [5.41, 5.74) is 11.9. The normalized spacial score (nSPS) is 29.4. The highest BCUT2D eigenvalue weighted by Crippen LogP contribution is 2.52. The van der Waals surface area contributed by atoms with Crippen LogP contribution in [0.4, 0.5) is 11.8 Å². The zero-order valence-corrected chi connectivity index (χ0v) is 27.3. The molecule has 24 heteroatoms. The number of rotatable bonds is 11. The van der Waals surface area contributed by atoms with Crippen LogP contribution in [0.5, 0.6) is 0 Å². The van der Waals surface area contributed by atoms with Crippen molar-refractivity contribution in [3.05, 3.63) is 29.3 Å². The topological polar surface area (TPSA) is 283 Å². The lowest BCUT2D eigenvalue weighted by Crippen LogP contribution is -2.37. The van der Waals surface area contributed by atoms with Crippen LogP contribution in [0.25, 0.3) is 22.3 Å². The van der Waals surface area contributed by atoms with Gasteiger partial charge in [-0.05, 0) is 30.6 Å². The average Bonchev–Trinajstić information content (AvgIpc) is 3.75. The molecule has 6 rings (SSSR count). The molecule has 0 aromatic carbocycles. The molecule has 1 aliphatic carbocycles. The highest BCUT2D eigenvalue weighted by atomic mass is 32.7. The number of nitrogens with zero attached hydrogens (tertiary/aromatic N) is 7. The number of methoxy groups -OCH3 is 1. The quantitative estimate of drug-likeness (QED) is 0.0793. The number of anilines is 2. The number of nitrogen functional groups attached to an aromatic ring is 2. The maximum absolute atomic E-state index is 12.4. The van der Waals surface area contributed by atoms with Crippen molar-refractivity contribution in [2.75, 3.05) is 31.8 Å². The summed E-state index contributed by atoms with van der Waals surface area (Å²) >= 11 is 8.91. The number of nitrogens with two attached hydrogens (primary N) is 2. The van der Waals surface area contributed by atoms with E-state index < -0.39 is 62.4 Å². The van der Waals surface area contributed by atoms with Crippen molar-refractivity contribution >= 4 is 71.7 Å². The van der Waals surface area contributed by atoms with Crippen molar-refractivity contribution in [1.82, 2.24) is 39.0 Å². The maximum Gasteiger partial charge on any atom is 0.383 e. The van der Waals surface area contributed by atoms with E-state index in [0.717, 1.165) is 0 Å². The molecule has 2 aliphatic rings. The van der Waals surface area contributed by atoms with Gasteiger partial charge in [0.1, 0.15) is 30.2 Å². The molecule has 1 aliphatic heterocycles. The summed E-state index contributed by atoms with van der Waals surface area (Å²) in [6.07, 6.45) is -0.426. The summed E-state index contributed by atoms with van der Waals surface area (Å²) in [7, 11) is 1.33.